The zero-order chi connectivity index (χ0) is 14.5. The largest absolute Gasteiger partial charge is 0.383 e. The fourth-order valence-electron chi connectivity index (χ4n) is 2.00. The summed E-state index contributed by atoms with van der Waals surface area (Å²) in [5.41, 5.74) is 10.9. The summed E-state index contributed by atoms with van der Waals surface area (Å²) < 4.78 is 1.07. The average Bonchev–Trinajstić information content (AvgIpc) is 2.42. The molecule has 0 aliphatic carbocycles. The van der Waals surface area contributed by atoms with Crippen molar-refractivity contribution >= 4 is 33.5 Å². The first-order chi connectivity index (χ1) is 9.61. The van der Waals surface area contributed by atoms with Crippen molar-refractivity contribution in [2.75, 3.05) is 11.5 Å². The van der Waals surface area contributed by atoms with Crippen molar-refractivity contribution in [3.63, 3.8) is 0 Å². The summed E-state index contributed by atoms with van der Waals surface area (Å²) in [5.74, 6) is 6.99. The quantitative estimate of drug-likeness (QED) is 0.438. The van der Waals surface area contributed by atoms with Gasteiger partial charge >= 0.3 is 0 Å². The summed E-state index contributed by atoms with van der Waals surface area (Å²) in [7, 11) is 0. The van der Waals surface area contributed by atoms with Crippen LogP contribution in [0.15, 0.2) is 45.9 Å². The van der Waals surface area contributed by atoms with Gasteiger partial charge in [-0.2, -0.15) is 0 Å². The van der Waals surface area contributed by atoms with Crippen LogP contribution in [0.25, 0.3) is 0 Å². The van der Waals surface area contributed by atoms with Crippen molar-refractivity contribution in [2.45, 2.75) is 17.9 Å². The van der Waals surface area contributed by atoms with E-state index >= 15 is 0 Å². The van der Waals surface area contributed by atoms with E-state index < -0.39 is 0 Å². The van der Waals surface area contributed by atoms with E-state index in [1.54, 1.807) is 18.0 Å². The van der Waals surface area contributed by atoms with Gasteiger partial charge in [0.2, 0.25) is 0 Å². The Bertz CT molecular complexity index is 571. The Labute approximate surface area is 131 Å². The second-order valence-corrected chi connectivity index (χ2v) is 6.42. The van der Waals surface area contributed by atoms with E-state index in [-0.39, 0.29) is 6.04 Å². The van der Waals surface area contributed by atoms with Gasteiger partial charge in [-0.1, -0.05) is 22.0 Å². The molecule has 2 rings (SSSR count). The Hall–Kier alpha value is -1.08. The molecule has 0 radical (unpaired) electrons. The van der Waals surface area contributed by atoms with Crippen LogP contribution in [0, 0.1) is 6.92 Å². The molecular formula is C14H17BrN4S. The van der Waals surface area contributed by atoms with Gasteiger partial charge in [0.25, 0.3) is 0 Å². The number of nitrogen functional groups attached to an aromatic ring is 1. The van der Waals surface area contributed by atoms with Crippen molar-refractivity contribution in [1.82, 2.24) is 10.4 Å². The first-order valence-electron chi connectivity index (χ1n) is 6.17. The fraction of sp³-hybridized carbons (Fsp3) is 0.214. The maximum absolute atomic E-state index is 5.97. The number of nitrogens with zero attached hydrogens (tertiary/aromatic N) is 1. The molecule has 5 N–H and O–H groups in total. The Morgan fingerprint density at radius 1 is 1.40 bits per heavy atom. The molecule has 0 spiro atoms. The molecule has 20 heavy (non-hydrogen) atoms. The van der Waals surface area contributed by atoms with Crippen LogP contribution in [-0.4, -0.2) is 10.7 Å². The third-order valence-electron chi connectivity index (χ3n) is 3.00. The number of hydrazine groups is 1. The van der Waals surface area contributed by atoms with Crippen molar-refractivity contribution in [3.8, 4) is 0 Å². The van der Waals surface area contributed by atoms with Gasteiger partial charge in [-0.05, 0) is 36.8 Å². The minimum atomic E-state index is -0.0346. The number of benzene rings is 1. The number of aryl methyl sites for hydroxylation is 1. The minimum Gasteiger partial charge on any atom is -0.383 e. The lowest BCUT2D eigenvalue weighted by molar-refractivity contribution is 0.607. The Kier molecular flexibility index (Phi) is 5.42. The first-order valence-corrected chi connectivity index (χ1v) is 7.95. The summed E-state index contributed by atoms with van der Waals surface area (Å²) in [6.07, 6.45) is 1.71. The number of nitrogens with one attached hydrogen (secondary N) is 1. The summed E-state index contributed by atoms with van der Waals surface area (Å²) >= 11 is 5.19. The van der Waals surface area contributed by atoms with E-state index in [0.29, 0.717) is 5.82 Å². The lowest BCUT2D eigenvalue weighted by Gasteiger charge is -2.19. The second kappa shape index (κ2) is 7.08. The second-order valence-electron chi connectivity index (χ2n) is 4.41. The lowest BCUT2D eigenvalue weighted by atomic mass is 10.0. The number of aromatic nitrogens is 1. The number of hydrogen-bond donors (Lipinski definition) is 3. The van der Waals surface area contributed by atoms with Crippen molar-refractivity contribution in [2.24, 2.45) is 5.84 Å². The molecule has 106 valence electrons. The monoisotopic (exact) mass is 352 g/mol. The molecule has 0 aliphatic heterocycles. The average molecular weight is 353 g/mol. The molecule has 0 saturated carbocycles. The predicted octanol–water partition coefficient (Wildman–Crippen LogP) is 3.03. The van der Waals surface area contributed by atoms with Gasteiger partial charge in [-0.15, -0.1) is 11.8 Å². The molecule has 1 atom stereocenters. The molecule has 0 amide bonds. The summed E-state index contributed by atoms with van der Waals surface area (Å²) in [4.78, 5) is 5.32. The number of thioether (sulfide) groups is 1. The van der Waals surface area contributed by atoms with E-state index in [0.717, 1.165) is 21.4 Å². The normalized spacial score (nSPS) is 12.3. The maximum atomic E-state index is 5.97. The zero-order valence-corrected chi connectivity index (χ0v) is 13.5. The van der Waals surface area contributed by atoms with Gasteiger partial charge in [-0.25, -0.2) is 4.98 Å². The lowest BCUT2D eigenvalue weighted by Crippen LogP contribution is -2.31. The molecule has 1 aromatic heterocycles. The van der Waals surface area contributed by atoms with Crippen molar-refractivity contribution in [1.29, 1.82) is 0 Å². The SMILES string of the molecule is Cc1ccnc(N)c1C(CSc1cccc(Br)c1)NN. The van der Waals surface area contributed by atoms with Gasteiger partial charge in [0, 0.05) is 26.9 Å². The van der Waals surface area contributed by atoms with E-state index in [1.807, 2.05) is 25.1 Å². The Morgan fingerprint density at radius 2 is 2.20 bits per heavy atom. The molecule has 1 unspecified atom stereocenters. The Balaban J connectivity index is 2.13. The first kappa shape index (κ1) is 15.3. The highest BCUT2D eigenvalue weighted by molar-refractivity contribution is 9.10. The van der Waals surface area contributed by atoms with Crippen LogP contribution < -0.4 is 17.0 Å². The van der Waals surface area contributed by atoms with Crippen LogP contribution in [0.5, 0.6) is 0 Å². The van der Waals surface area contributed by atoms with Gasteiger partial charge < -0.3 is 5.73 Å². The molecule has 0 bridgehead atoms. The zero-order valence-electron chi connectivity index (χ0n) is 11.1. The standard InChI is InChI=1S/C14H17BrN4S/c1-9-5-6-18-14(16)13(9)12(19-17)8-20-11-4-2-3-10(15)7-11/h2-7,12,19H,8,17H2,1H3,(H2,16,18). The molecule has 0 saturated heterocycles. The topological polar surface area (TPSA) is 77.0 Å². The van der Waals surface area contributed by atoms with E-state index in [9.17, 15) is 0 Å². The van der Waals surface area contributed by atoms with Crippen molar-refractivity contribution < 1.29 is 0 Å². The number of nitrogens with two attached hydrogens (primary N) is 2. The van der Waals surface area contributed by atoms with Crippen LogP contribution in [0.1, 0.15) is 17.2 Å². The van der Waals surface area contributed by atoms with Crippen LogP contribution in [0.3, 0.4) is 0 Å². The van der Waals surface area contributed by atoms with Crippen LogP contribution in [0.4, 0.5) is 5.82 Å². The van der Waals surface area contributed by atoms with E-state index in [1.165, 1.54) is 4.90 Å². The third-order valence-corrected chi connectivity index (χ3v) is 4.58. The van der Waals surface area contributed by atoms with E-state index in [2.05, 4.69) is 38.5 Å². The molecule has 2 aromatic rings. The minimum absolute atomic E-state index is 0.0346. The van der Waals surface area contributed by atoms with Crippen LogP contribution >= 0.6 is 27.7 Å². The van der Waals surface area contributed by atoms with Gasteiger partial charge in [0.1, 0.15) is 5.82 Å². The van der Waals surface area contributed by atoms with Crippen molar-refractivity contribution in [3.05, 3.63) is 52.1 Å². The highest BCUT2D eigenvalue weighted by Gasteiger charge is 2.16. The van der Waals surface area contributed by atoms with Gasteiger partial charge in [-0.3, -0.25) is 11.3 Å². The number of anilines is 1. The predicted molar refractivity (Wildman–Crippen MR) is 88.3 cm³/mol. The number of hydrogen-bond acceptors (Lipinski definition) is 5. The summed E-state index contributed by atoms with van der Waals surface area (Å²) in [5, 5.41) is 0. The third kappa shape index (κ3) is 3.73. The fourth-order valence-corrected chi connectivity index (χ4v) is 3.55. The molecule has 0 fully saturated rings. The Morgan fingerprint density at radius 3 is 2.85 bits per heavy atom. The molecule has 1 heterocycles. The smallest absolute Gasteiger partial charge is 0.128 e. The number of rotatable bonds is 5. The summed E-state index contributed by atoms with van der Waals surface area (Å²) in [6.45, 7) is 2.02. The molecule has 0 aliphatic rings. The van der Waals surface area contributed by atoms with Gasteiger partial charge in [0.05, 0.1) is 6.04 Å². The molecule has 1 aromatic carbocycles. The van der Waals surface area contributed by atoms with Crippen LogP contribution in [-0.2, 0) is 0 Å². The number of halogens is 1. The van der Waals surface area contributed by atoms with E-state index in [4.69, 9.17) is 11.6 Å². The highest BCUT2D eigenvalue weighted by atomic mass is 79.9. The van der Waals surface area contributed by atoms with Gasteiger partial charge in [0.15, 0.2) is 0 Å². The maximum Gasteiger partial charge on any atom is 0.128 e. The molecule has 4 nitrogen and oxygen atoms in total. The highest BCUT2D eigenvalue weighted by Crippen LogP contribution is 2.29. The molecule has 6 heteroatoms. The molecular weight excluding hydrogens is 336 g/mol. The number of pyridine rings is 1. The summed E-state index contributed by atoms with van der Waals surface area (Å²) in [6, 6.07) is 10.1. The van der Waals surface area contributed by atoms with Crippen LogP contribution in [0.2, 0.25) is 0 Å².